The van der Waals surface area contributed by atoms with Crippen molar-refractivity contribution in [3.05, 3.63) is 181 Å². The summed E-state index contributed by atoms with van der Waals surface area (Å²) >= 11 is 1.88. The number of hydrogen-bond donors (Lipinski definition) is 0. The first-order valence-electron chi connectivity index (χ1n) is 17.8. The van der Waals surface area contributed by atoms with Gasteiger partial charge in [0.25, 0.3) is 0 Å². The van der Waals surface area contributed by atoms with E-state index in [1.165, 1.54) is 69.4 Å². The summed E-state index contributed by atoms with van der Waals surface area (Å²) in [5.41, 5.74) is 12.1. The maximum atomic E-state index is 10.2. The predicted molar refractivity (Wildman–Crippen MR) is 224 cm³/mol. The molecule has 0 N–H and O–H groups in total. The Morgan fingerprint density at radius 3 is 1.43 bits per heavy atom. The third-order valence-electron chi connectivity index (χ3n) is 10.8. The molecule has 0 atom stereocenters. The highest BCUT2D eigenvalue weighted by Gasteiger charge is 2.22. The monoisotopic (exact) mass is 691 g/mol. The Morgan fingerprint density at radius 1 is 0.377 bits per heavy atom. The molecule has 11 rings (SSSR count). The minimum Gasteiger partial charge on any atom is -0.309 e. The fourth-order valence-electron chi connectivity index (χ4n) is 8.57. The van der Waals surface area contributed by atoms with E-state index in [1.54, 1.807) is 0 Å². The van der Waals surface area contributed by atoms with E-state index in [0.29, 0.717) is 5.56 Å². The lowest BCUT2D eigenvalue weighted by molar-refractivity contribution is 1.17. The molecule has 0 aliphatic carbocycles. The largest absolute Gasteiger partial charge is 0.309 e. The second-order valence-corrected chi connectivity index (χ2v) is 14.6. The number of benzene rings is 8. The number of thiophene rings is 1. The van der Waals surface area contributed by atoms with E-state index < -0.39 is 0 Å². The SMILES string of the molecule is N#Cc1ccccc1-n1c2ccccc2c2cccc(-c3cccc4c3sc3c(-c5cccc6c7ccccc7n(-c7ccccc7)c56)cccc34)c21. The zero-order valence-corrected chi connectivity index (χ0v) is 29.3. The summed E-state index contributed by atoms with van der Waals surface area (Å²) < 4.78 is 7.24. The molecular weight excluding hydrogens is 663 g/mol. The van der Waals surface area contributed by atoms with Crippen LogP contribution in [0.15, 0.2) is 176 Å². The van der Waals surface area contributed by atoms with Gasteiger partial charge in [0.1, 0.15) is 6.07 Å². The number of nitrogens with zero attached hydrogens (tertiary/aromatic N) is 3. The molecule has 0 fully saturated rings. The second-order valence-electron chi connectivity index (χ2n) is 13.5. The summed E-state index contributed by atoms with van der Waals surface area (Å²) in [5.74, 6) is 0. The van der Waals surface area contributed by atoms with E-state index in [0.717, 1.165) is 28.0 Å². The van der Waals surface area contributed by atoms with Gasteiger partial charge in [0.2, 0.25) is 0 Å². The third-order valence-corrected chi connectivity index (χ3v) is 12.1. The van der Waals surface area contributed by atoms with Crippen LogP contribution in [-0.4, -0.2) is 9.13 Å². The molecule has 53 heavy (non-hydrogen) atoms. The lowest BCUT2D eigenvalue weighted by Crippen LogP contribution is -1.98. The van der Waals surface area contributed by atoms with Crippen molar-refractivity contribution in [2.24, 2.45) is 0 Å². The van der Waals surface area contributed by atoms with Crippen molar-refractivity contribution < 1.29 is 0 Å². The minimum absolute atomic E-state index is 0.650. The van der Waals surface area contributed by atoms with Crippen molar-refractivity contribution in [1.82, 2.24) is 9.13 Å². The first kappa shape index (κ1) is 29.8. The molecule has 0 spiro atoms. The van der Waals surface area contributed by atoms with E-state index in [1.807, 2.05) is 29.5 Å². The van der Waals surface area contributed by atoms with Gasteiger partial charge < -0.3 is 9.13 Å². The Kier molecular flexibility index (Phi) is 6.48. The first-order chi connectivity index (χ1) is 26.3. The summed E-state index contributed by atoms with van der Waals surface area (Å²) in [5, 5.41) is 17.6. The van der Waals surface area contributed by atoms with Crippen LogP contribution in [-0.2, 0) is 0 Å². The Labute approximate surface area is 309 Å². The van der Waals surface area contributed by atoms with Crippen LogP contribution >= 0.6 is 11.3 Å². The summed E-state index contributed by atoms with van der Waals surface area (Å²) in [4.78, 5) is 0. The fourth-order valence-corrected chi connectivity index (χ4v) is 9.93. The summed E-state index contributed by atoms with van der Waals surface area (Å²) in [7, 11) is 0. The molecular formula is C49H29N3S. The normalized spacial score (nSPS) is 11.8. The highest BCUT2D eigenvalue weighted by atomic mass is 32.1. The molecule has 0 unspecified atom stereocenters. The molecule has 3 nitrogen and oxygen atoms in total. The minimum atomic E-state index is 0.650. The lowest BCUT2D eigenvalue weighted by Gasteiger charge is -2.13. The number of fused-ring (bicyclic) bond motifs is 9. The van der Waals surface area contributed by atoms with Crippen LogP contribution in [0.2, 0.25) is 0 Å². The molecule has 0 saturated heterocycles. The topological polar surface area (TPSA) is 33.6 Å². The molecule has 3 heterocycles. The second kappa shape index (κ2) is 11.5. The van der Waals surface area contributed by atoms with Crippen LogP contribution in [0.4, 0.5) is 0 Å². The number of para-hydroxylation sites is 6. The smallest absolute Gasteiger partial charge is 0.101 e. The Balaban J connectivity index is 1.22. The molecule has 0 bridgehead atoms. The van der Waals surface area contributed by atoms with Gasteiger partial charge in [-0.25, -0.2) is 0 Å². The highest BCUT2D eigenvalue weighted by molar-refractivity contribution is 7.26. The van der Waals surface area contributed by atoms with Crippen molar-refractivity contribution >= 4 is 75.1 Å². The molecule has 246 valence electrons. The Hall–Kier alpha value is -6.93. The number of aromatic nitrogens is 2. The van der Waals surface area contributed by atoms with Crippen LogP contribution in [0, 0.1) is 11.3 Å². The average molecular weight is 692 g/mol. The molecule has 4 heteroatoms. The van der Waals surface area contributed by atoms with Gasteiger partial charge >= 0.3 is 0 Å². The number of nitriles is 1. The van der Waals surface area contributed by atoms with Crippen molar-refractivity contribution in [3.63, 3.8) is 0 Å². The van der Waals surface area contributed by atoms with E-state index in [9.17, 15) is 5.26 Å². The zero-order valence-electron chi connectivity index (χ0n) is 28.5. The van der Waals surface area contributed by atoms with Crippen LogP contribution in [0.1, 0.15) is 5.56 Å². The van der Waals surface area contributed by atoms with Crippen LogP contribution in [0.25, 0.3) is 97.4 Å². The molecule has 0 amide bonds. The zero-order chi connectivity index (χ0) is 35.0. The van der Waals surface area contributed by atoms with E-state index in [4.69, 9.17) is 0 Å². The van der Waals surface area contributed by atoms with Gasteiger partial charge in [-0.05, 0) is 36.4 Å². The van der Waals surface area contributed by atoms with Gasteiger partial charge in [0, 0.05) is 69.7 Å². The van der Waals surface area contributed by atoms with Crippen molar-refractivity contribution in [2.45, 2.75) is 0 Å². The van der Waals surface area contributed by atoms with Gasteiger partial charge in [-0.1, -0.05) is 140 Å². The van der Waals surface area contributed by atoms with E-state index >= 15 is 0 Å². The lowest BCUT2D eigenvalue weighted by atomic mass is 9.98. The third kappa shape index (κ3) is 4.26. The molecule has 3 aromatic heterocycles. The summed E-state index contributed by atoms with van der Waals surface area (Å²) in [6.07, 6.45) is 0. The van der Waals surface area contributed by atoms with Crippen molar-refractivity contribution in [3.8, 4) is 39.7 Å². The van der Waals surface area contributed by atoms with Gasteiger partial charge in [-0.15, -0.1) is 11.3 Å². The maximum Gasteiger partial charge on any atom is 0.101 e. The molecule has 0 saturated carbocycles. The summed E-state index contributed by atoms with van der Waals surface area (Å²) in [6, 6.07) is 65.2. The molecule has 0 aliphatic rings. The van der Waals surface area contributed by atoms with Crippen LogP contribution < -0.4 is 0 Å². The Bertz CT molecular complexity index is 3300. The fraction of sp³-hybridized carbons (Fsp3) is 0. The van der Waals surface area contributed by atoms with E-state index in [-0.39, 0.29) is 0 Å². The quantitative estimate of drug-likeness (QED) is 0.181. The highest BCUT2D eigenvalue weighted by Crippen LogP contribution is 2.48. The Morgan fingerprint density at radius 2 is 0.830 bits per heavy atom. The van der Waals surface area contributed by atoms with Gasteiger partial charge in [-0.3, -0.25) is 0 Å². The standard InChI is InChI=1S/C49H29N3S/c50-30-31-14-4-7-27-43(31)52-45-29-9-6-18-34(45)36-20-11-22-38(47(36)52)40-24-13-26-42-41-25-12-23-39(48(41)53-49(40)42)37-21-10-19-35-33-17-5-8-28-44(33)51(46(35)37)32-15-2-1-3-16-32/h1-29H. The predicted octanol–water partition coefficient (Wildman–Crippen LogP) is 13.5. The van der Waals surface area contributed by atoms with Gasteiger partial charge in [-0.2, -0.15) is 5.26 Å². The first-order valence-corrected chi connectivity index (χ1v) is 18.7. The van der Waals surface area contributed by atoms with E-state index in [2.05, 4.69) is 173 Å². The molecule has 11 aromatic rings. The number of rotatable bonds is 4. The summed E-state index contributed by atoms with van der Waals surface area (Å²) in [6.45, 7) is 0. The molecule has 0 radical (unpaired) electrons. The number of hydrogen-bond acceptors (Lipinski definition) is 2. The van der Waals surface area contributed by atoms with Crippen LogP contribution in [0.3, 0.4) is 0 Å². The van der Waals surface area contributed by atoms with Crippen molar-refractivity contribution in [1.29, 1.82) is 5.26 Å². The van der Waals surface area contributed by atoms with Crippen LogP contribution in [0.5, 0.6) is 0 Å². The molecule has 8 aromatic carbocycles. The van der Waals surface area contributed by atoms with Gasteiger partial charge in [0.05, 0.1) is 33.3 Å². The molecule has 0 aliphatic heterocycles. The maximum absolute atomic E-state index is 10.2. The average Bonchev–Trinajstić information content (AvgIpc) is 3.89. The van der Waals surface area contributed by atoms with Crippen molar-refractivity contribution in [2.75, 3.05) is 0 Å². The van der Waals surface area contributed by atoms with Gasteiger partial charge in [0.15, 0.2) is 0 Å².